The number of halogens is 1. The van der Waals surface area contributed by atoms with Crippen LogP contribution in [0.15, 0.2) is 33.3 Å². The number of hydrogen-bond donors (Lipinski definition) is 1. The Labute approximate surface area is 120 Å². The normalized spacial score (nSPS) is 28.4. The molecule has 2 fully saturated rings. The number of fused-ring (bicyclic) bond motifs is 1. The van der Waals surface area contributed by atoms with Gasteiger partial charge in [-0.15, -0.1) is 0 Å². The Morgan fingerprint density at radius 2 is 2.05 bits per heavy atom. The van der Waals surface area contributed by atoms with Crippen molar-refractivity contribution in [2.75, 3.05) is 5.73 Å². The van der Waals surface area contributed by atoms with Crippen LogP contribution in [0.3, 0.4) is 0 Å². The first-order valence-electron chi connectivity index (χ1n) is 6.76. The standard InChI is InChI=1S/C15H15BrN2O/c16-9-4-1-3-8(7-9)12-14(19-18-15(12)17)13-10-5-2-6-11(10)13/h1,3-4,7,10-11,13H,2,5-6H2,(H2,17,18). The van der Waals surface area contributed by atoms with Gasteiger partial charge >= 0.3 is 0 Å². The van der Waals surface area contributed by atoms with E-state index in [0.29, 0.717) is 11.7 Å². The lowest BCUT2D eigenvalue weighted by atomic mass is 10.0. The summed E-state index contributed by atoms with van der Waals surface area (Å²) in [5.74, 6) is 3.67. The van der Waals surface area contributed by atoms with Gasteiger partial charge in [-0.3, -0.25) is 0 Å². The van der Waals surface area contributed by atoms with Crippen molar-refractivity contribution in [3.05, 3.63) is 34.5 Å². The monoisotopic (exact) mass is 318 g/mol. The summed E-state index contributed by atoms with van der Waals surface area (Å²) >= 11 is 3.51. The summed E-state index contributed by atoms with van der Waals surface area (Å²) < 4.78 is 6.61. The number of nitrogens with two attached hydrogens (primary N) is 1. The summed E-state index contributed by atoms with van der Waals surface area (Å²) in [5, 5.41) is 4.00. The molecule has 0 bridgehead atoms. The fourth-order valence-electron chi connectivity index (χ4n) is 3.69. The highest BCUT2D eigenvalue weighted by Crippen LogP contribution is 2.64. The maximum absolute atomic E-state index is 6.02. The molecular weight excluding hydrogens is 304 g/mol. The Bertz CT molecular complexity index is 627. The molecule has 2 N–H and O–H groups in total. The third kappa shape index (κ3) is 1.73. The topological polar surface area (TPSA) is 52.0 Å². The summed E-state index contributed by atoms with van der Waals surface area (Å²) in [5.41, 5.74) is 8.11. The van der Waals surface area contributed by atoms with Crippen molar-refractivity contribution >= 4 is 21.7 Å². The maximum Gasteiger partial charge on any atom is 0.175 e. The van der Waals surface area contributed by atoms with Gasteiger partial charge in [0, 0.05) is 10.4 Å². The number of anilines is 1. The largest absolute Gasteiger partial charge is 0.380 e. The minimum Gasteiger partial charge on any atom is -0.380 e. The van der Waals surface area contributed by atoms with E-state index in [1.54, 1.807) is 0 Å². The van der Waals surface area contributed by atoms with E-state index < -0.39 is 0 Å². The van der Waals surface area contributed by atoms with Gasteiger partial charge in [-0.2, -0.15) is 0 Å². The molecule has 3 nitrogen and oxygen atoms in total. The van der Waals surface area contributed by atoms with Gasteiger partial charge in [-0.05, 0) is 42.4 Å². The van der Waals surface area contributed by atoms with Crippen LogP contribution in [-0.2, 0) is 0 Å². The summed E-state index contributed by atoms with van der Waals surface area (Å²) in [4.78, 5) is 0. The first-order chi connectivity index (χ1) is 9.25. The highest BCUT2D eigenvalue weighted by Gasteiger charge is 2.56. The summed E-state index contributed by atoms with van der Waals surface area (Å²) in [6.45, 7) is 0. The molecule has 2 aromatic rings. The predicted octanol–water partition coefficient (Wildman–Crippen LogP) is 4.20. The highest BCUT2D eigenvalue weighted by molar-refractivity contribution is 9.10. The molecule has 0 amide bonds. The van der Waals surface area contributed by atoms with Crippen molar-refractivity contribution in [1.29, 1.82) is 0 Å². The lowest BCUT2D eigenvalue weighted by Crippen LogP contribution is -1.92. The first kappa shape index (κ1) is 11.5. The van der Waals surface area contributed by atoms with Gasteiger partial charge in [0.25, 0.3) is 0 Å². The van der Waals surface area contributed by atoms with Gasteiger partial charge in [0.1, 0.15) is 5.76 Å². The van der Waals surface area contributed by atoms with Gasteiger partial charge in [0.2, 0.25) is 0 Å². The van der Waals surface area contributed by atoms with Gasteiger partial charge in [-0.1, -0.05) is 39.6 Å². The van der Waals surface area contributed by atoms with Crippen LogP contribution in [0.1, 0.15) is 30.9 Å². The van der Waals surface area contributed by atoms with E-state index in [4.69, 9.17) is 10.3 Å². The molecule has 19 heavy (non-hydrogen) atoms. The van der Waals surface area contributed by atoms with Crippen LogP contribution in [-0.4, -0.2) is 5.16 Å². The number of nitrogen functional groups attached to an aromatic ring is 1. The molecule has 0 aliphatic heterocycles. The average Bonchev–Trinajstić information content (AvgIpc) is 2.78. The molecule has 2 aliphatic rings. The van der Waals surface area contributed by atoms with Crippen LogP contribution in [0.2, 0.25) is 0 Å². The van der Waals surface area contributed by atoms with Crippen LogP contribution in [0.5, 0.6) is 0 Å². The molecule has 4 heteroatoms. The number of nitrogens with zero attached hydrogens (tertiary/aromatic N) is 1. The quantitative estimate of drug-likeness (QED) is 0.902. The zero-order valence-corrected chi connectivity index (χ0v) is 12.1. The SMILES string of the molecule is Nc1noc(C2C3CCCC32)c1-c1cccc(Br)c1. The van der Waals surface area contributed by atoms with Crippen molar-refractivity contribution in [2.45, 2.75) is 25.2 Å². The Hall–Kier alpha value is -1.29. The van der Waals surface area contributed by atoms with Crippen molar-refractivity contribution < 1.29 is 4.52 Å². The predicted molar refractivity (Wildman–Crippen MR) is 77.6 cm³/mol. The number of benzene rings is 1. The second kappa shape index (κ2) is 4.10. The van der Waals surface area contributed by atoms with Gasteiger partial charge in [-0.25, -0.2) is 0 Å². The Balaban J connectivity index is 1.78. The highest BCUT2D eigenvalue weighted by atomic mass is 79.9. The van der Waals surface area contributed by atoms with Gasteiger partial charge in [0.15, 0.2) is 5.82 Å². The average molecular weight is 319 g/mol. The lowest BCUT2D eigenvalue weighted by molar-refractivity contribution is 0.376. The molecule has 1 aromatic heterocycles. The number of rotatable bonds is 2. The minimum atomic E-state index is 0.512. The van der Waals surface area contributed by atoms with Crippen LogP contribution in [0.4, 0.5) is 5.82 Å². The Morgan fingerprint density at radius 3 is 2.79 bits per heavy atom. The minimum absolute atomic E-state index is 0.512. The molecule has 2 saturated carbocycles. The van der Waals surface area contributed by atoms with E-state index in [1.165, 1.54) is 19.3 Å². The van der Waals surface area contributed by atoms with Crippen LogP contribution in [0, 0.1) is 11.8 Å². The maximum atomic E-state index is 6.02. The fraction of sp³-hybridized carbons (Fsp3) is 0.400. The molecule has 98 valence electrons. The lowest BCUT2D eigenvalue weighted by Gasteiger charge is -2.04. The third-order valence-electron chi connectivity index (χ3n) is 4.57. The van der Waals surface area contributed by atoms with Crippen molar-refractivity contribution in [3.63, 3.8) is 0 Å². The van der Waals surface area contributed by atoms with Crippen molar-refractivity contribution in [1.82, 2.24) is 5.16 Å². The second-order valence-electron chi connectivity index (χ2n) is 5.60. The zero-order valence-electron chi connectivity index (χ0n) is 10.5. The molecule has 0 radical (unpaired) electrons. The summed E-state index contributed by atoms with van der Waals surface area (Å²) in [6, 6.07) is 8.17. The molecule has 2 unspecified atom stereocenters. The zero-order chi connectivity index (χ0) is 13.0. The van der Waals surface area contributed by atoms with E-state index in [0.717, 1.165) is 33.2 Å². The first-order valence-corrected chi connectivity index (χ1v) is 7.56. The van der Waals surface area contributed by atoms with Crippen LogP contribution in [0.25, 0.3) is 11.1 Å². The van der Waals surface area contributed by atoms with Crippen molar-refractivity contribution in [3.8, 4) is 11.1 Å². The molecule has 4 rings (SSSR count). The smallest absolute Gasteiger partial charge is 0.175 e. The van der Waals surface area contributed by atoms with E-state index >= 15 is 0 Å². The Morgan fingerprint density at radius 1 is 1.26 bits per heavy atom. The molecule has 0 spiro atoms. The van der Waals surface area contributed by atoms with E-state index in [2.05, 4.69) is 33.2 Å². The van der Waals surface area contributed by atoms with E-state index in [9.17, 15) is 0 Å². The van der Waals surface area contributed by atoms with Crippen LogP contribution >= 0.6 is 15.9 Å². The van der Waals surface area contributed by atoms with Gasteiger partial charge < -0.3 is 10.3 Å². The van der Waals surface area contributed by atoms with E-state index in [-0.39, 0.29) is 0 Å². The number of aromatic nitrogens is 1. The molecule has 1 aromatic carbocycles. The number of hydrogen-bond acceptors (Lipinski definition) is 3. The van der Waals surface area contributed by atoms with Gasteiger partial charge in [0.05, 0.1) is 5.56 Å². The molecule has 0 saturated heterocycles. The van der Waals surface area contributed by atoms with Crippen molar-refractivity contribution in [2.24, 2.45) is 11.8 Å². The molecule has 2 aliphatic carbocycles. The third-order valence-corrected chi connectivity index (χ3v) is 5.06. The summed E-state index contributed by atoms with van der Waals surface area (Å²) in [6.07, 6.45) is 4.02. The fourth-order valence-corrected chi connectivity index (χ4v) is 4.09. The molecular formula is C15H15BrN2O. The van der Waals surface area contributed by atoms with Crippen LogP contribution < -0.4 is 5.73 Å². The van der Waals surface area contributed by atoms with E-state index in [1.807, 2.05) is 12.1 Å². The Kier molecular flexibility index (Phi) is 2.49. The molecule has 2 atom stereocenters. The summed E-state index contributed by atoms with van der Waals surface area (Å²) in [7, 11) is 0. The second-order valence-corrected chi connectivity index (χ2v) is 6.52. The molecule has 1 heterocycles.